The minimum absolute atomic E-state index is 0.187. The molecular weight excluding hydrogens is 358 g/mol. The van der Waals surface area contributed by atoms with Gasteiger partial charge in [0.05, 0.1) is 5.52 Å². The summed E-state index contributed by atoms with van der Waals surface area (Å²) in [5, 5.41) is 2.12. The molecule has 4 aromatic rings. The van der Waals surface area contributed by atoms with Gasteiger partial charge in [0, 0.05) is 29.0 Å². The number of aromatic nitrogens is 2. The largest absolute Gasteiger partial charge is 0.382 e. The number of Topliss-reactive ketones (excluding diaryl/α,β-unsaturated/α-hetero) is 1. The Morgan fingerprint density at radius 1 is 1.00 bits per heavy atom. The van der Waals surface area contributed by atoms with Crippen molar-refractivity contribution >= 4 is 33.4 Å². The van der Waals surface area contributed by atoms with Crippen molar-refractivity contribution in [2.75, 3.05) is 5.73 Å². The fourth-order valence-electron chi connectivity index (χ4n) is 3.83. The number of nitrogens with two attached hydrogens (primary N) is 1. The fraction of sp³-hybridized carbons (Fsp3) is 0.240. The number of anilines is 1. The van der Waals surface area contributed by atoms with E-state index in [9.17, 15) is 4.79 Å². The van der Waals surface area contributed by atoms with E-state index in [0.29, 0.717) is 12.2 Å². The Kier molecular flexibility index (Phi) is 5.01. The monoisotopic (exact) mass is 383 g/mol. The molecule has 29 heavy (non-hydrogen) atoms. The van der Waals surface area contributed by atoms with Crippen molar-refractivity contribution in [2.24, 2.45) is 0 Å². The molecule has 146 valence electrons. The van der Waals surface area contributed by atoms with E-state index in [-0.39, 0.29) is 5.78 Å². The molecule has 2 aromatic heterocycles. The van der Waals surface area contributed by atoms with Gasteiger partial charge in [-0.05, 0) is 67.1 Å². The van der Waals surface area contributed by atoms with Crippen molar-refractivity contribution in [3.8, 4) is 0 Å². The number of ketones is 1. The third kappa shape index (κ3) is 3.70. The SMILES string of the molecule is CCC(=O)c1ccc(CCc2cnc3c(N)nc4cc(C)ccc4c3c2)c(C)c1. The van der Waals surface area contributed by atoms with Gasteiger partial charge in [-0.15, -0.1) is 0 Å². The Hall–Kier alpha value is -3.27. The second-order valence-electron chi connectivity index (χ2n) is 7.68. The van der Waals surface area contributed by atoms with Gasteiger partial charge < -0.3 is 5.73 Å². The van der Waals surface area contributed by atoms with Crippen LogP contribution in [-0.2, 0) is 12.8 Å². The van der Waals surface area contributed by atoms with E-state index in [0.717, 1.165) is 56.9 Å². The molecule has 0 bridgehead atoms. The average Bonchev–Trinajstić information content (AvgIpc) is 2.72. The molecule has 4 rings (SSSR count). The highest BCUT2D eigenvalue weighted by molar-refractivity contribution is 6.08. The third-order valence-corrected chi connectivity index (χ3v) is 5.54. The summed E-state index contributed by atoms with van der Waals surface area (Å²) in [5.41, 5.74) is 13.4. The summed E-state index contributed by atoms with van der Waals surface area (Å²) >= 11 is 0. The smallest absolute Gasteiger partial charge is 0.162 e. The van der Waals surface area contributed by atoms with Gasteiger partial charge in [-0.2, -0.15) is 0 Å². The van der Waals surface area contributed by atoms with Crippen molar-refractivity contribution in [1.82, 2.24) is 9.97 Å². The highest BCUT2D eigenvalue weighted by Crippen LogP contribution is 2.28. The van der Waals surface area contributed by atoms with Gasteiger partial charge >= 0.3 is 0 Å². The van der Waals surface area contributed by atoms with Crippen LogP contribution >= 0.6 is 0 Å². The topological polar surface area (TPSA) is 68.9 Å². The number of hydrogen-bond acceptors (Lipinski definition) is 4. The second kappa shape index (κ2) is 7.63. The van der Waals surface area contributed by atoms with Crippen LogP contribution in [0.4, 0.5) is 5.82 Å². The number of carbonyl (C=O) groups excluding carboxylic acids is 1. The van der Waals surface area contributed by atoms with E-state index in [1.54, 1.807) is 0 Å². The predicted molar refractivity (Wildman–Crippen MR) is 119 cm³/mol. The molecule has 0 aliphatic rings. The first-order valence-electron chi connectivity index (χ1n) is 10.0. The molecule has 2 aromatic carbocycles. The van der Waals surface area contributed by atoms with Gasteiger partial charge in [-0.3, -0.25) is 9.78 Å². The third-order valence-electron chi connectivity index (χ3n) is 5.54. The normalized spacial score (nSPS) is 11.3. The quantitative estimate of drug-likeness (QED) is 0.372. The van der Waals surface area contributed by atoms with Crippen LogP contribution in [0.2, 0.25) is 0 Å². The molecule has 4 heteroatoms. The second-order valence-corrected chi connectivity index (χ2v) is 7.68. The number of nitrogen functional groups attached to an aromatic ring is 1. The molecule has 0 amide bonds. The summed E-state index contributed by atoms with van der Waals surface area (Å²) in [6, 6.07) is 14.4. The number of hydrogen-bond donors (Lipinski definition) is 1. The number of aryl methyl sites for hydroxylation is 4. The Morgan fingerprint density at radius 2 is 1.83 bits per heavy atom. The van der Waals surface area contributed by atoms with Crippen LogP contribution in [0.15, 0.2) is 48.7 Å². The van der Waals surface area contributed by atoms with Crippen molar-refractivity contribution < 1.29 is 4.79 Å². The Morgan fingerprint density at radius 3 is 2.59 bits per heavy atom. The van der Waals surface area contributed by atoms with Gasteiger partial charge in [0.2, 0.25) is 0 Å². The molecule has 0 aliphatic heterocycles. The first kappa shape index (κ1) is 19.1. The molecule has 0 atom stereocenters. The van der Waals surface area contributed by atoms with Crippen LogP contribution in [0, 0.1) is 13.8 Å². The first-order valence-corrected chi connectivity index (χ1v) is 10.0. The van der Waals surface area contributed by atoms with E-state index in [4.69, 9.17) is 5.73 Å². The maximum atomic E-state index is 11.9. The Balaban J connectivity index is 1.65. The standard InChI is InChI=1S/C25H25N3O/c1-4-23(29)19-9-8-18(16(3)12-19)7-6-17-13-21-20-10-5-15(2)11-22(20)28-25(26)24(21)27-14-17/h5,8-14H,4,6-7H2,1-3H3,(H2,26,28). The zero-order valence-corrected chi connectivity index (χ0v) is 17.1. The number of carbonyl (C=O) groups is 1. The predicted octanol–water partition coefficient (Wildman–Crippen LogP) is 5.36. The molecule has 0 spiro atoms. The number of nitrogens with zero attached hydrogens (tertiary/aromatic N) is 2. The summed E-state index contributed by atoms with van der Waals surface area (Å²) in [6.07, 6.45) is 4.20. The number of fused-ring (bicyclic) bond motifs is 3. The van der Waals surface area contributed by atoms with E-state index in [1.807, 2.05) is 25.3 Å². The molecule has 0 fully saturated rings. The molecule has 0 radical (unpaired) electrons. The minimum Gasteiger partial charge on any atom is -0.382 e. The molecule has 2 N–H and O–H groups in total. The molecule has 0 unspecified atom stereocenters. The van der Waals surface area contributed by atoms with Crippen molar-refractivity contribution in [1.29, 1.82) is 0 Å². The van der Waals surface area contributed by atoms with Gasteiger partial charge in [-0.1, -0.05) is 31.2 Å². The van der Waals surface area contributed by atoms with Crippen LogP contribution in [0.1, 0.15) is 46.0 Å². The minimum atomic E-state index is 0.187. The van der Waals surface area contributed by atoms with Crippen molar-refractivity contribution in [3.05, 3.63) is 76.5 Å². The molecule has 4 nitrogen and oxygen atoms in total. The van der Waals surface area contributed by atoms with Crippen LogP contribution in [-0.4, -0.2) is 15.8 Å². The maximum absolute atomic E-state index is 11.9. The first-order chi connectivity index (χ1) is 14.0. The molecule has 0 aliphatic carbocycles. The lowest BCUT2D eigenvalue weighted by atomic mass is 9.97. The summed E-state index contributed by atoms with van der Waals surface area (Å²) in [5.74, 6) is 0.656. The molecule has 0 saturated heterocycles. The van der Waals surface area contributed by atoms with Crippen LogP contribution in [0.5, 0.6) is 0 Å². The van der Waals surface area contributed by atoms with Crippen LogP contribution in [0.25, 0.3) is 21.8 Å². The van der Waals surface area contributed by atoms with E-state index in [2.05, 4.69) is 54.1 Å². The lowest BCUT2D eigenvalue weighted by Crippen LogP contribution is -2.01. The fourth-order valence-corrected chi connectivity index (χ4v) is 3.83. The van der Waals surface area contributed by atoms with Crippen molar-refractivity contribution in [2.45, 2.75) is 40.0 Å². The molecule has 0 saturated carbocycles. The lowest BCUT2D eigenvalue weighted by molar-refractivity contribution is 0.0988. The average molecular weight is 383 g/mol. The van der Waals surface area contributed by atoms with Crippen LogP contribution < -0.4 is 5.73 Å². The summed E-state index contributed by atoms with van der Waals surface area (Å²) in [4.78, 5) is 21.0. The summed E-state index contributed by atoms with van der Waals surface area (Å²) < 4.78 is 0. The van der Waals surface area contributed by atoms with E-state index >= 15 is 0 Å². The lowest BCUT2D eigenvalue weighted by Gasteiger charge is -2.10. The Bertz CT molecular complexity index is 1240. The van der Waals surface area contributed by atoms with Gasteiger partial charge in [0.1, 0.15) is 5.52 Å². The van der Waals surface area contributed by atoms with Gasteiger partial charge in [-0.25, -0.2) is 4.98 Å². The van der Waals surface area contributed by atoms with Gasteiger partial charge in [0.15, 0.2) is 11.6 Å². The highest BCUT2D eigenvalue weighted by atomic mass is 16.1. The number of pyridine rings is 2. The maximum Gasteiger partial charge on any atom is 0.162 e. The number of benzene rings is 2. The number of rotatable bonds is 5. The van der Waals surface area contributed by atoms with Gasteiger partial charge in [0.25, 0.3) is 0 Å². The molecular formula is C25H25N3O. The van der Waals surface area contributed by atoms with Crippen LogP contribution in [0.3, 0.4) is 0 Å². The Labute approximate surface area is 170 Å². The van der Waals surface area contributed by atoms with E-state index < -0.39 is 0 Å². The summed E-state index contributed by atoms with van der Waals surface area (Å²) in [7, 11) is 0. The van der Waals surface area contributed by atoms with Crippen molar-refractivity contribution in [3.63, 3.8) is 0 Å². The zero-order chi connectivity index (χ0) is 20.5. The highest BCUT2D eigenvalue weighted by Gasteiger charge is 2.10. The molecule has 2 heterocycles. The zero-order valence-electron chi connectivity index (χ0n) is 17.1. The summed E-state index contributed by atoms with van der Waals surface area (Å²) in [6.45, 7) is 6.02. The van der Waals surface area contributed by atoms with E-state index in [1.165, 1.54) is 5.56 Å².